The number of benzene rings is 1. The van der Waals surface area contributed by atoms with Crippen molar-refractivity contribution in [3.63, 3.8) is 0 Å². The van der Waals surface area contributed by atoms with Crippen molar-refractivity contribution < 1.29 is 4.92 Å². The maximum absolute atomic E-state index is 10.7. The Morgan fingerprint density at radius 1 is 1.53 bits per heavy atom. The van der Waals surface area contributed by atoms with Gasteiger partial charge in [-0.05, 0) is 25.5 Å². The molecule has 0 saturated carbocycles. The zero-order valence-corrected chi connectivity index (χ0v) is 9.21. The molecule has 4 nitrogen and oxygen atoms in total. The second-order valence-corrected chi connectivity index (χ2v) is 3.60. The van der Waals surface area contributed by atoms with Crippen LogP contribution in [0.15, 0.2) is 18.2 Å². The normalized spacial score (nSPS) is 18.9. The van der Waals surface area contributed by atoms with E-state index in [9.17, 15) is 10.1 Å². The van der Waals surface area contributed by atoms with Crippen molar-refractivity contribution in [2.45, 2.75) is 19.4 Å². The van der Waals surface area contributed by atoms with E-state index < -0.39 is 0 Å². The number of nitrogens with one attached hydrogen (secondary N) is 1. The van der Waals surface area contributed by atoms with Crippen LogP contribution in [0.1, 0.15) is 23.6 Å². The van der Waals surface area contributed by atoms with Gasteiger partial charge in [0, 0.05) is 17.7 Å². The van der Waals surface area contributed by atoms with E-state index in [4.69, 9.17) is 0 Å². The molecule has 1 heterocycles. The van der Waals surface area contributed by atoms with Crippen LogP contribution >= 0.6 is 12.4 Å². The van der Waals surface area contributed by atoms with E-state index in [1.54, 1.807) is 13.0 Å². The highest BCUT2D eigenvalue weighted by molar-refractivity contribution is 5.85. The maximum atomic E-state index is 10.7. The number of halogens is 1. The van der Waals surface area contributed by atoms with Crippen LogP contribution < -0.4 is 5.32 Å². The van der Waals surface area contributed by atoms with E-state index in [2.05, 4.69) is 5.32 Å². The first kappa shape index (κ1) is 11.9. The SMILES string of the molecule is Cc1ccc([C@H]2CCN2)cc1[N+](=O)[O-].Cl. The topological polar surface area (TPSA) is 55.2 Å². The molecule has 1 aromatic rings. The highest BCUT2D eigenvalue weighted by atomic mass is 35.5. The van der Waals surface area contributed by atoms with Crippen LogP contribution in [0.4, 0.5) is 5.69 Å². The highest BCUT2D eigenvalue weighted by Crippen LogP contribution is 2.27. The molecule has 0 unspecified atom stereocenters. The number of rotatable bonds is 2. The van der Waals surface area contributed by atoms with E-state index in [1.165, 1.54) is 0 Å². The van der Waals surface area contributed by atoms with Crippen LogP contribution in [0.3, 0.4) is 0 Å². The molecule has 1 N–H and O–H groups in total. The predicted molar refractivity (Wildman–Crippen MR) is 60.4 cm³/mol. The maximum Gasteiger partial charge on any atom is 0.272 e. The van der Waals surface area contributed by atoms with Gasteiger partial charge in [-0.15, -0.1) is 12.4 Å². The minimum absolute atomic E-state index is 0. The number of hydrogen-bond acceptors (Lipinski definition) is 3. The minimum atomic E-state index is -0.322. The Morgan fingerprint density at radius 2 is 2.20 bits per heavy atom. The van der Waals surface area contributed by atoms with Crippen molar-refractivity contribution in [2.24, 2.45) is 0 Å². The van der Waals surface area contributed by atoms with Crippen molar-refractivity contribution in [2.75, 3.05) is 6.54 Å². The van der Waals surface area contributed by atoms with E-state index in [-0.39, 0.29) is 23.0 Å². The van der Waals surface area contributed by atoms with Gasteiger partial charge in [0.05, 0.1) is 4.92 Å². The van der Waals surface area contributed by atoms with Crippen molar-refractivity contribution >= 4 is 18.1 Å². The zero-order chi connectivity index (χ0) is 10.1. The molecule has 1 fully saturated rings. The Labute approximate surface area is 94.2 Å². The van der Waals surface area contributed by atoms with Crippen LogP contribution in [0, 0.1) is 17.0 Å². The van der Waals surface area contributed by atoms with Gasteiger partial charge in [-0.3, -0.25) is 10.1 Å². The Kier molecular flexibility index (Phi) is 3.66. The van der Waals surface area contributed by atoms with E-state index in [0.29, 0.717) is 6.04 Å². The minimum Gasteiger partial charge on any atom is -0.310 e. The Balaban J connectivity index is 0.00000112. The molecule has 1 aromatic carbocycles. The molecular weight excluding hydrogens is 216 g/mol. The first-order chi connectivity index (χ1) is 6.68. The molecule has 1 saturated heterocycles. The standard InChI is InChI=1S/C10H12N2O2.ClH/c1-7-2-3-8(9-4-5-11-9)6-10(7)12(13)14;/h2-3,6,9,11H,4-5H2,1H3;1H/t9-;/m1./s1. The summed E-state index contributed by atoms with van der Waals surface area (Å²) in [7, 11) is 0. The second-order valence-electron chi connectivity index (χ2n) is 3.60. The lowest BCUT2D eigenvalue weighted by Gasteiger charge is -2.27. The summed E-state index contributed by atoms with van der Waals surface area (Å²) < 4.78 is 0. The summed E-state index contributed by atoms with van der Waals surface area (Å²) in [6.45, 7) is 2.77. The van der Waals surface area contributed by atoms with Crippen LogP contribution in [-0.4, -0.2) is 11.5 Å². The molecule has 2 rings (SSSR count). The quantitative estimate of drug-likeness (QED) is 0.625. The fourth-order valence-electron chi connectivity index (χ4n) is 1.61. The third-order valence-electron chi connectivity index (χ3n) is 2.66. The summed E-state index contributed by atoms with van der Waals surface area (Å²) in [6.07, 6.45) is 1.07. The van der Waals surface area contributed by atoms with E-state index in [1.807, 2.05) is 12.1 Å². The molecule has 1 aliphatic rings. The fourth-order valence-corrected chi connectivity index (χ4v) is 1.61. The van der Waals surface area contributed by atoms with Gasteiger partial charge in [0.2, 0.25) is 0 Å². The molecule has 0 radical (unpaired) electrons. The molecule has 0 amide bonds. The molecular formula is C10H13ClN2O2. The second kappa shape index (κ2) is 4.59. The van der Waals surface area contributed by atoms with Gasteiger partial charge < -0.3 is 5.32 Å². The first-order valence-electron chi connectivity index (χ1n) is 4.67. The number of aryl methyl sites for hydroxylation is 1. The zero-order valence-electron chi connectivity index (χ0n) is 8.40. The molecule has 0 aromatic heterocycles. The van der Waals surface area contributed by atoms with Crippen molar-refractivity contribution in [1.29, 1.82) is 0 Å². The summed E-state index contributed by atoms with van der Waals surface area (Å²) in [5, 5.41) is 13.9. The Bertz CT molecular complexity index is 378. The average molecular weight is 229 g/mol. The molecule has 1 atom stereocenters. The van der Waals surface area contributed by atoms with Gasteiger partial charge >= 0.3 is 0 Å². The van der Waals surface area contributed by atoms with Crippen molar-refractivity contribution in [3.05, 3.63) is 39.4 Å². The Morgan fingerprint density at radius 3 is 2.67 bits per heavy atom. The average Bonchev–Trinajstić information content (AvgIpc) is 2.04. The van der Waals surface area contributed by atoms with Gasteiger partial charge in [0.15, 0.2) is 0 Å². The number of hydrogen-bond donors (Lipinski definition) is 1. The third kappa shape index (κ3) is 2.27. The highest BCUT2D eigenvalue weighted by Gasteiger charge is 2.21. The predicted octanol–water partition coefficient (Wildman–Crippen LogP) is 2.36. The van der Waals surface area contributed by atoms with Crippen molar-refractivity contribution in [3.8, 4) is 0 Å². The van der Waals surface area contributed by atoms with Gasteiger partial charge in [0.1, 0.15) is 0 Å². The summed E-state index contributed by atoms with van der Waals surface area (Å²) >= 11 is 0. The van der Waals surface area contributed by atoms with Gasteiger partial charge in [-0.1, -0.05) is 12.1 Å². The van der Waals surface area contributed by atoms with E-state index in [0.717, 1.165) is 24.1 Å². The Hall–Kier alpha value is -1.13. The van der Waals surface area contributed by atoms with Crippen LogP contribution in [0.25, 0.3) is 0 Å². The van der Waals surface area contributed by atoms with Gasteiger partial charge in [-0.25, -0.2) is 0 Å². The molecule has 0 bridgehead atoms. The molecule has 82 valence electrons. The van der Waals surface area contributed by atoms with E-state index >= 15 is 0 Å². The molecule has 1 aliphatic heterocycles. The van der Waals surface area contributed by atoms with Crippen molar-refractivity contribution in [1.82, 2.24) is 5.32 Å². The lowest BCUT2D eigenvalue weighted by atomic mass is 9.96. The van der Waals surface area contributed by atoms with Crippen LogP contribution in [-0.2, 0) is 0 Å². The lowest BCUT2D eigenvalue weighted by molar-refractivity contribution is -0.385. The summed E-state index contributed by atoms with van der Waals surface area (Å²) in [5.41, 5.74) is 1.96. The molecule has 0 spiro atoms. The van der Waals surface area contributed by atoms with Crippen LogP contribution in [0.2, 0.25) is 0 Å². The number of nitro groups is 1. The number of nitrogens with zero attached hydrogens (tertiary/aromatic N) is 1. The lowest BCUT2D eigenvalue weighted by Crippen LogP contribution is -2.34. The smallest absolute Gasteiger partial charge is 0.272 e. The summed E-state index contributed by atoms with van der Waals surface area (Å²) in [5.74, 6) is 0. The molecule has 5 heteroatoms. The largest absolute Gasteiger partial charge is 0.310 e. The van der Waals surface area contributed by atoms with Gasteiger partial charge in [0.25, 0.3) is 5.69 Å². The summed E-state index contributed by atoms with van der Waals surface area (Å²) in [6, 6.07) is 5.76. The van der Waals surface area contributed by atoms with Crippen LogP contribution in [0.5, 0.6) is 0 Å². The monoisotopic (exact) mass is 228 g/mol. The summed E-state index contributed by atoms with van der Waals surface area (Å²) in [4.78, 5) is 10.4. The van der Waals surface area contributed by atoms with Gasteiger partial charge in [-0.2, -0.15) is 0 Å². The number of nitro benzene ring substituents is 1. The molecule has 0 aliphatic carbocycles. The molecule has 15 heavy (non-hydrogen) atoms. The fraction of sp³-hybridized carbons (Fsp3) is 0.400. The third-order valence-corrected chi connectivity index (χ3v) is 2.66. The first-order valence-corrected chi connectivity index (χ1v) is 4.67.